The fourth-order valence-corrected chi connectivity index (χ4v) is 4.58. The van der Waals surface area contributed by atoms with E-state index >= 15 is 0 Å². The van der Waals surface area contributed by atoms with Crippen LogP contribution >= 0.6 is 0 Å². The van der Waals surface area contributed by atoms with Crippen molar-refractivity contribution >= 4 is 22.9 Å². The van der Waals surface area contributed by atoms with Crippen LogP contribution in [0.4, 0.5) is 20.2 Å². The lowest BCUT2D eigenvalue weighted by atomic mass is 9.91. The van der Waals surface area contributed by atoms with Crippen LogP contribution in [-0.2, 0) is 11.3 Å². The zero-order chi connectivity index (χ0) is 23.7. The number of carbonyl (C=O) groups is 1. The Hall–Kier alpha value is -3.65. The molecule has 0 atom stereocenters. The van der Waals surface area contributed by atoms with E-state index in [0.717, 1.165) is 60.0 Å². The summed E-state index contributed by atoms with van der Waals surface area (Å²) in [6.45, 7) is 5.37. The van der Waals surface area contributed by atoms with Crippen LogP contribution in [0, 0.1) is 11.6 Å². The summed E-state index contributed by atoms with van der Waals surface area (Å²) >= 11 is 0. The number of nitrogens with one attached hydrogen (secondary N) is 2. The Balaban J connectivity index is 1.46. The van der Waals surface area contributed by atoms with Crippen molar-refractivity contribution in [3.8, 4) is 11.1 Å². The number of hydrogen-bond donors (Lipinski definition) is 2. The first-order chi connectivity index (χ1) is 16.5. The Morgan fingerprint density at radius 3 is 2.53 bits per heavy atom. The van der Waals surface area contributed by atoms with E-state index in [0.29, 0.717) is 17.7 Å². The fraction of sp³-hybridized carbons (Fsp3) is 0.269. The third kappa shape index (κ3) is 4.41. The van der Waals surface area contributed by atoms with Gasteiger partial charge in [0.05, 0.1) is 12.4 Å². The van der Waals surface area contributed by atoms with Gasteiger partial charge in [0.15, 0.2) is 11.6 Å². The first kappa shape index (κ1) is 22.2. The van der Waals surface area contributed by atoms with Crippen LogP contribution in [0.2, 0.25) is 0 Å². The minimum Gasteiger partial charge on any atom is -0.381 e. The second-order valence-corrected chi connectivity index (χ2v) is 8.77. The Kier molecular flexibility index (Phi) is 6.06. The molecule has 2 aliphatic rings. The van der Waals surface area contributed by atoms with E-state index in [1.54, 1.807) is 0 Å². The highest BCUT2D eigenvalue weighted by molar-refractivity contribution is 6.28. The number of amides is 1. The molecule has 1 aromatic carbocycles. The summed E-state index contributed by atoms with van der Waals surface area (Å²) in [4.78, 5) is 23.5. The molecule has 0 unspecified atom stereocenters. The first-order valence-corrected chi connectivity index (χ1v) is 11.3. The van der Waals surface area contributed by atoms with Crippen LogP contribution in [0.15, 0.2) is 54.6 Å². The van der Waals surface area contributed by atoms with E-state index in [1.807, 2.05) is 37.5 Å². The van der Waals surface area contributed by atoms with Gasteiger partial charge in [-0.3, -0.25) is 19.7 Å². The Labute approximate surface area is 196 Å². The van der Waals surface area contributed by atoms with Gasteiger partial charge < -0.3 is 10.6 Å². The quantitative estimate of drug-likeness (QED) is 0.568. The molecule has 6 nitrogen and oxygen atoms in total. The monoisotopic (exact) mass is 461 g/mol. The second-order valence-electron chi connectivity index (χ2n) is 8.77. The Morgan fingerprint density at radius 1 is 1.03 bits per heavy atom. The highest BCUT2D eigenvalue weighted by Crippen LogP contribution is 2.35. The summed E-state index contributed by atoms with van der Waals surface area (Å²) in [5.74, 6) is -2.41. The SMILES string of the molecule is CC1=C(C(=O)Nc2c(F)cncc2F)c2cc(-c3cncc(CN4CCCC4)c3)ccc2NC1. The van der Waals surface area contributed by atoms with Crippen molar-refractivity contribution in [2.24, 2.45) is 0 Å². The highest BCUT2D eigenvalue weighted by atomic mass is 19.1. The Bertz CT molecular complexity index is 1260. The van der Waals surface area contributed by atoms with E-state index in [-0.39, 0.29) is 0 Å². The van der Waals surface area contributed by atoms with E-state index in [9.17, 15) is 13.6 Å². The molecule has 2 aromatic heterocycles. The molecule has 3 aromatic rings. The van der Waals surface area contributed by atoms with Gasteiger partial charge in [-0.05, 0) is 67.8 Å². The number of likely N-dealkylation sites (tertiary alicyclic amines) is 1. The molecule has 0 bridgehead atoms. The third-order valence-electron chi connectivity index (χ3n) is 6.31. The summed E-state index contributed by atoms with van der Waals surface area (Å²) in [6, 6.07) is 7.96. The molecule has 34 heavy (non-hydrogen) atoms. The van der Waals surface area contributed by atoms with Gasteiger partial charge in [-0.1, -0.05) is 6.07 Å². The van der Waals surface area contributed by atoms with Gasteiger partial charge in [0, 0.05) is 47.9 Å². The smallest absolute Gasteiger partial charge is 0.256 e. The number of aromatic nitrogens is 2. The van der Waals surface area contributed by atoms with Crippen molar-refractivity contribution < 1.29 is 13.6 Å². The maximum absolute atomic E-state index is 14.1. The lowest BCUT2D eigenvalue weighted by molar-refractivity contribution is -0.111. The van der Waals surface area contributed by atoms with Gasteiger partial charge in [0.1, 0.15) is 5.69 Å². The maximum Gasteiger partial charge on any atom is 0.256 e. The molecule has 4 heterocycles. The van der Waals surface area contributed by atoms with Gasteiger partial charge in [-0.2, -0.15) is 0 Å². The van der Waals surface area contributed by atoms with E-state index in [4.69, 9.17) is 0 Å². The van der Waals surface area contributed by atoms with Crippen molar-refractivity contribution in [3.05, 3.63) is 77.4 Å². The molecule has 2 N–H and O–H groups in total. The summed E-state index contributed by atoms with van der Waals surface area (Å²) in [6.07, 6.45) is 7.91. The van der Waals surface area contributed by atoms with E-state index in [1.165, 1.54) is 12.8 Å². The first-order valence-electron chi connectivity index (χ1n) is 11.3. The molecular formula is C26H25F2N5O. The minimum absolute atomic E-state index is 0.396. The predicted molar refractivity (Wildman–Crippen MR) is 128 cm³/mol. The van der Waals surface area contributed by atoms with Crippen LogP contribution in [0.5, 0.6) is 0 Å². The van der Waals surface area contributed by atoms with Gasteiger partial charge in [0.2, 0.25) is 0 Å². The number of hydrogen-bond acceptors (Lipinski definition) is 5. The number of fused-ring (bicyclic) bond motifs is 1. The lowest BCUT2D eigenvalue weighted by Crippen LogP contribution is -2.22. The number of benzene rings is 1. The average molecular weight is 462 g/mol. The fourth-order valence-electron chi connectivity index (χ4n) is 4.58. The van der Waals surface area contributed by atoms with E-state index in [2.05, 4.69) is 31.6 Å². The highest BCUT2D eigenvalue weighted by Gasteiger charge is 2.25. The van der Waals surface area contributed by atoms with Crippen LogP contribution < -0.4 is 10.6 Å². The van der Waals surface area contributed by atoms with Gasteiger partial charge in [-0.15, -0.1) is 0 Å². The molecule has 174 valence electrons. The molecule has 0 spiro atoms. The molecule has 8 heteroatoms. The lowest BCUT2D eigenvalue weighted by Gasteiger charge is -2.24. The maximum atomic E-state index is 14.1. The number of halogens is 2. The molecule has 0 aliphatic carbocycles. The van der Waals surface area contributed by atoms with Crippen molar-refractivity contribution in [3.63, 3.8) is 0 Å². The standard InChI is InChI=1S/C26H25F2N5O/c1-16-10-31-23-5-4-18(19-8-17(11-29-12-19)15-33-6-2-3-7-33)9-20(23)24(16)26(34)32-25-21(27)13-30-14-22(25)28/h4-5,8-9,11-14,31H,2-3,6-7,10,15H2,1H3,(H,30,32,34). The number of anilines is 2. The number of carbonyl (C=O) groups excluding carboxylic acids is 1. The van der Waals surface area contributed by atoms with Crippen LogP contribution in [0.1, 0.15) is 30.9 Å². The van der Waals surface area contributed by atoms with Gasteiger partial charge >= 0.3 is 0 Å². The molecule has 1 amide bonds. The van der Waals surface area contributed by atoms with Gasteiger partial charge in [0.25, 0.3) is 5.91 Å². The number of pyridine rings is 2. The molecular weight excluding hydrogens is 436 g/mol. The van der Waals surface area contributed by atoms with Crippen LogP contribution in [0.25, 0.3) is 16.7 Å². The average Bonchev–Trinajstić information content (AvgIpc) is 3.34. The normalized spacial score (nSPS) is 15.7. The minimum atomic E-state index is -0.921. The largest absolute Gasteiger partial charge is 0.381 e. The summed E-state index contributed by atoms with van der Waals surface area (Å²) in [5, 5.41) is 5.70. The van der Waals surface area contributed by atoms with Crippen molar-refractivity contribution in [1.29, 1.82) is 0 Å². The predicted octanol–water partition coefficient (Wildman–Crippen LogP) is 4.86. The molecule has 0 radical (unpaired) electrons. The Morgan fingerprint density at radius 2 is 1.76 bits per heavy atom. The second kappa shape index (κ2) is 9.30. The number of rotatable bonds is 5. The zero-order valence-corrected chi connectivity index (χ0v) is 18.9. The molecule has 2 aliphatic heterocycles. The number of nitrogens with zero attached hydrogens (tertiary/aromatic N) is 3. The van der Waals surface area contributed by atoms with Crippen LogP contribution in [-0.4, -0.2) is 40.4 Å². The van der Waals surface area contributed by atoms with Crippen LogP contribution in [0.3, 0.4) is 0 Å². The van der Waals surface area contributed by atoms with Gasteiger partial charge in [-0.25, -0.2) is 8.78 Å². The van der Waals surface area contributed by atoms with Crippen molar-refractivity contribution in [2.75, 3.05) is 30.3 Å². The molecule has 5 rings (SSSR count). The van der Waals surface area contributed by atoms with Crippen molar-refractivity contribution in [2.45, 2.75) is 26.3 Å². The summed E-state index contributed by atoms with van der Waals surface area (Å²) in [5.41, 5.74) is 5.14. The summed E-state index contributed by atoms with van der Waals surface area (Å²) in [7, 11) is 0. The zero-order valence-electron chi connectivity index (χ0n) is 18.9. The summed E-state index contributed by atoms with van der Waals surface area (Å²) < 4.78 is 28.2. The molecule has 0 saturated carbocycles. The van der Waals surface area contributed by atoms with Crippen molar-refractivity contribution in [1.82, 2.24) is 14.9 Å². The molecule has 1 fully saturated rings. The van der Waals surface area contributed by atoms with E-state index < -0.39 is 23.2 Å². The molecule has 1 saturated heterocycles. The topological polar surface area (TPSA) is 70.2 Å². The third-order valence-corrected chi connectivity index (χ3v) is 6.31.